The van der Waals surface area contributed by atoms with E-state index in [1.54, 1.807) is 6.92 Å². The highest BCUT2D eigenvalue weighted by Gasteiger charge is 1.67. The molecule has 0 amide bonds. The van der Waals surface area contributed by atoms with Crippen molar-refractivity contribution in [3.05, 3.63) is 0 Å². The average molecular weight is 61.1 g/mol. The molecule has 1 atom stereocenters. The normalized spacial score (nSPS) is 23.8. The maximum absolute atomic E-state index is 6.57. The van der Waals surface area contributed by atoms with Gasteiger partial charge in [-0.05, 0) is 6.04 Å². The minimum atomic E-state index is -0.870. The summed E-state index contributed by atoms with van der Waals surface area (Å²) in [5.74, 6) is 0. The molecule has 0 fully saturated rings. The first-order chi connectivity index (χ1) is 2.64. The molecule has 0 spiro atoms. The quantitative estimate of drug-likeness (QED) is 0.430. The summed E-state index contributed by atoms with van der Waals surface area (Å²) in [6.45, 7) is 0.773. The summed E-state index contributed by atoms with van der Waals surface area (Å²) >= 11 is 0. The van der Waals surface area contributed by atoms with E-state index in [9.17, 15) is 0 Å². The van der Waals surface area contributed by atoms with Crippen molar-refractivity contribution in [3.63, 3.8) is 0 Å². The number of hydrogen-bond acceptors (Lipinski definition) is 1. The van der Waals surface area contributed by atoms with Crippen LogP contribution < -0.4 is 5.73 Å². The molecule has 0 saturated carbocycles. The van der Waals surface area contributed by atoms with Gasteiger partial charge >= 0.3 is 0 Å². The molecular formula is C3H9N. The SMILES string of the molecule is [2H]C([2H])C(C)N. The second kappa shape index (κ2) is 1.30. The Morgan fingerprint density at radius 1 is 2.25 bits per heavy atom. The van der Waals surface area contributed by atoms with Crippen LogP contribution in [0.3, 0.4) is 0 Å². The Labute approximate surface area is 29.6 Å². The fourth-order valence-electron chi connectivity index (χ4n) is 0. The molecule has 0 heterocycles. The number of hydrogen-bond donors (Lipinski definition) is 1. The first-order valence-corrected chi connectivity index (χ1v) is 1.24. The second-order valence-corrected chi connectivity index (χ2v) is 0.859. The Bertz CT molecular complexity index is 29.8. The van der Waals surface area contributed by atoms with Crippen LogP contribution in [0.25, 0.3) is 0 Å². The van der Waals surface area contributed by atoms with Crippen molar-refractivity contribution in [2.75, 3.05) is 0 Å². The van der Waals surface area contributed by atoms with Crippen LogP contribution in [-0.4, -0.2) is 6.04 Å². The molecule has 0 radical (unpaired) electrons. The Morgan fingerprint density at radius 2 is 2.50 bits per heavy atom. The summed E-state index contributed by atoms with van der Waals surface area (Å²) in [4.78, 5) is 0. The van der Waals surface area contributed by atoms with Gasteiger partial charge in [0.2, 0.25) is 0 Å². The third-order valence-electron chi connectivity index (χ3n) is 0. The lowest BCUT2D eigenvalue weighted by atomic mass is 10.5. The maximum atomic E-state index is 6.57. The molecule has 1 unspecified atom stereocenters. The molecule has 0 saturated heterocycles. The zero-order chi connectivity index (χ0) is 5.15. The van der Waals surface area contributed by atoms with E-state index in [0.717, 1.165) is 0 Å². The monoisotopic (exact) mass is 61.1 g/mol. The van der Waals surface area contributed by atoms with Crippen molar-refractivity contribution in [2.24, 2.45) is 5.73 Å². The van der Waals surface area contributed by atoms with Crippen molar-refractivity contribution >= 4 is 0 Å². The summed E-state index contributed by atoms with van der Waals surface area (Å²) in [5, 5.41) is 0. The van der Waals surface area contributed by atoms with Crippen molar-refractivity contribution in [2.45, 2.75) is 19.8 Å². The van der Waals surface area contributed by atoms with Gasteiger partial charge in [0.1, 0.15) is 0 Å². The molecule has 0 aromatic heterocycles. The molecule has 0 bridgehead atoms. The Kier molecular flexibility index (Phi) is 0.458. The van der Waals surface area contributed by atoms with Crippen LogP contribution in [-0.2, 0) is 0 Å². The smallest absolute Gasteiger partial charge is 0.0246 e. The summed E-state index contributed by atoms with van der Waals surface area (Å²) in [6.07, 6.45) is 0. The molecule has 0 aliphatic carbocycles. The molecule has 4 heavy (non-hydrogen) atoms. The van der Waals surface area contributed by atoms with E-state index in [1.807, 2.05) is 0 Å². The Balaban J connectivity index is 2.99. The zero-order valence-electron chi connectivity index (χ0n) is 4.73. The Morgan fingerprint density at radius 3 is 2.50 bits per heavy atom. The van der Waals surface area contributed by atoms with Crippen LogP contribution >= 0.6 is 0 Å². The van der Waals surface area contributed by atoms with E-state index in [2.05, 4.69) is 0 Å². The van der Waals surface area contributed by atoms with Crippen molar-refractivity contribution in [1.29, 1.82) is 0 Å². The van der Waals surface area contributed by atoms with E-state index in [1.165, 1.54) is 0 Å². The first kappa shape index (κ1) is 1.41. The van der Waals surface area contributed by atoms with Crippen LogP contribution in [0.15, 0.2) is 0 Å². The van der Waals surface area contributed by atoms with Gasteiger partial charge in [-0.25, -0.2) is 0 Å². The summed E-state index contributed by atoms with van der Waals surface area (Å²) in [5.41, 5.74) is 5.06. The molecule has 1 nitrogen and oxygen atoms in total. The number of nitrogens with two attached hydrogens (primary N) is 1. The summed E-state index contributed by atoms with van der Waals surface area (Å²) in [7, 11) is 0. The fourth-order valence-corrected chi connectivity index (χ4v) is 0. The van der Waals surface area contributed by atoms with Crippen LogP contribution in [0.5, 0.6) is 0 Å². The molecule has 1 heteroatoms. The van der Waals surface area contributed by atoms with Gasteiger partial charge in [-0.1, -0.05) is 13.8 Å². The van der Waals surface area contributed by atoms with Crippen molar-refractivity contribution < 1.29 is 2.74 Å². The van der Waals surface area contributed by atoms with Crippen molar-refractivity contribution in [1.82, 2.24) is 0 Å². The van der Waals surface area contributed by atoms with Crippen LogP contribution in [0.1, 0.15) is 16.5 Å². The predicted molar refractivity (Wildman–Crippen MR) is 19.3 cm³/mol. The van der Waals surface area contributed by atoms with Gasteiger partial charge in [0.15, 0.2) is 0 Å². The van der Waals surface area contributed by atoms with E-state index >= 15 is 0 Å². The molecule has 0 rings (SSSR count). The largest absolute Gasteiger partial charge is 0.328 e. The van der Waals surface area contributed by atoms with Gasteiger partial charge in [-0.2, -0.15) is 0 Å². The summed E-state index contributed by atoms with van der Waals surface area (Å²) < 4.78 is 13.1. The fraction of sp³-hybridized carbons (Fsp3) is 1.00. The first-order valence-electron chi connectivity index (χ1n) is 2.40. The number of rotatable bonds is 0. The highest BCUT2D eigenvalue weighted by atomic mass is 14.6. The average Bonchev–Trinajstić information content (AvgIpc) is 1.36. The van der Waals surface area contributed by atoms with E-state index in [0.29, 0.717) is 0 Å². The molecular weight excluding hydrogens is 50.0 g/mol. The Hall–Kier alpha value is -0.0400. The standard InChI is InChI=1S/C3H9N/c1-3(2)4/h3H,4H2,1-2H3/i1D2. The minimum Gasteiger partial charge on any atom is -0.328 e. The van der Waals surface area contributed by atoms with Crippen LogP contribution in [0.2, 0.25) is 0 Å². The van der Waals surface area contributed by atoms with Gasteiger partial charge < -0.3 is 5.73 Å². The van der Waals surface area contributed by atoms with Crippen LogP contribution in [0, 0.1) is 0 Å². The third-order valence-corrected chi connectivity index (χ3v) is 0. The van der Waals surface area contributed by atoms with Crippen molar-refractivity contribution in [3.8, 4) is 0 Å². The van der Waals surface area contributed by atoms with Gasteiger partial charge in [0, 0.05) is 2.74 Å². The highest BCUT2D eigenvalue weighted by Crippen LogP contribution is 1.58. The van der Waals surface area contributed by atoms with E-state index in [4.69, 9.17) is 8.48 Å². The van der Waals surface area contributed by atoms with Gasteiger partial charge in [-0.15, -0.1) is 0 Å². The third kappa shape index (κ3) is 1130. The van der Waals surface area contributed by atoms with Gasteiger partial charge in [0.25, 0.3) is 0 Å². The molecule has 0 aliphatic rings. The lowest BCUT2D eigenvalue weighted by Gasteiger charge is -1.81. The molecule has 2 N–H and O–H groups in total. The molecule has 0 aromatic rings. The zero-order valence-corrected chi connectivity index (χ0v) is 2.73. The molecule has 0 aliphatic heterocycles. The molecule has 26 valence electrons. The highest BCUT2D eigenvalue weighted by molar-refractivity contribution is 4.32. The lowest BCUT2D eigenvalue weighted by Crippen LogP contribution is -2.06. The molecule has 0 aromatic carbocycles. The van der Waals surface area contributed by atoms with Crippen LogP contribution in [0.4, 0.5) is 0 Å². The predicted octanol–water partition coefficient (Wildman–Crippen LogP) is 0.354. The summed E-state index contributed by atoms with van der Waals surface area (Å²) in [6, 6.07) is -0.315. The second-order valence-electron chi connectivity index (χ2n) is 0.859. The van der Waals surface area contributed by atoms with Gasteiger partial charge in [0.05, 0.1) is 0 Å². The minimum absolute atomic E-state index is 0.315. The topological polar surface area (TPSA) is 26.0 Å². The maximum Gasteiger partial charge on any atom is 0.0246 e. The van der Waals surface area contributed by atoms with E-state index in [-0.39, 0.29) is 6.04 Å². The lowest BCUT2D eigenvalue weighted by molar-refractivity contribution is 0.834. The van der Waals surface area contributed by atoms with Gasteiger partial charge in [-0.3, -0.25) is 0 Å². The van der Waals surface area contributed by atoms with E-state index < -0.39 is 6.88 Å².